The first-order chi connectivity index (χ1) is 7.99. The van der Waals surface area contributed by atoms with Gasteiger partial charge in [-0.2, -0.15) is 8.78 Å². The lowest BCUT2D eigenvalue weighted by atomic mass is 10.3. The van der Waals surface area contributed by atoms with Crippen molar-refractivity contribution < 1.29 is 18.3 Å². The van der Waals surface area contributed by atoms with Crippen LogP contribution in [0.4, 0.5) is 14.5 Å². The van der Waals surface area contributed by atoms with Crippen molar-refractivity contribution in [3.63, 3.8) is 0 Å². The molecule has 0 bridgehead atoms. The third-order valence-corrected chi connectivity index (χ3v) is 1.85. The molecule has 0 heterocycles. The number of halogens is 2. The molecule has 92 valence electrons. The smallest absolute Gasteiger partial charge is 0.387 e. The van der Waals surface area contributed by atoms with Crippen LogP contribution in [0, 0.1) is 0 Å². The topological polar surface area (TPSA) is 50.4 Å². The minimum absolute atomic E-state index is 0.0165. The number of carbonyl (C=O) groups is 1. The van der Waals surface area contributed by atoms with Gasteiger partial charge in [0, 0.05) is 6.92 Å². The quantitative estimate of drug-likeness (QED) is 0.817. The number of benzene rings is 1. The predicted molar refractivity (Wildman–Crippen MR) is 63.1 cm³/mol. The van der Waals surface area contributed by atoms with E-state index in [0.29, 0.717) is 0 Å². The molecular weight excluding hydrogens is 250 g/mol. The largest absolute Gasteiger partial charge is 0.433 e. The highest BCUT2D eigenvalue weighted by molar-refractivity contribution is 7.80. The molecular formula is C10H10F2N2O2S. The van der Waals surface area contributed by atoms with E-state index in [9.17, 15) is 13.6 Å². The summed E-state index contributed by atoms with van der Waals surface area (Å²) in [5.74, 6) is -0.398. The lowest BCUT2D eigenvalue weighted by Gasteiger charge is -2.12. The Kier molecular flexibility index (Phi) is 4.77. The highest BCUT2D eigenvalue weighted by Crippen LogP contribution is 2.25. The Morgan fingerprint density at radius 1 is 1.41 bits per heavy atom. The lowest BCUT2D eigenvalue weighted by molar-refractivity contribution is -0.117. The molecule has 17 heavy (non-hydrogen) atoms. The fourth-order valence-electron chi connectivity index (χ4n) is 1.08. The van der Waals surface area contributed by atoms with Crippen LogP contribution >= 0.6 is 12.2 Å². The zero-order valence-corrected chi connectivity index (χ0v) is 9.68. The fourth-order valence-corrected chi connectivity index (χ4v) is 1.34. The van der Waals surface area contributed by atoms with Gasteiger partial charge in [-0.1, -0.05) is 12.1 Å². The maximum absolute atomic E-state index is 12.1. The second kappa shape index (κ2) is 6.09. The summed E-state index contributed by atoms with van der Waals surface area (Å²) in [6, 6.07) is 6.04. The number of ether oxygens (including phenoxy) is 1. The van der Waals surface area contributed by atoms with E-state index in [4.69, 9.17) is 12.2 Å². The van der Waals surface area contributed by atoms with Crippen LogP contribution in [0.1, 0.15) is 6.92 Å². The second-order valence-corrected chi connectivity index (χ2v) is 3.42. The molecule has 0 aliphatic heterocycles. The van der Waals surface area contributed by atoms with E-state index in [1.807, 2.05) is 0 Å². The summed E-state index contributed by atoms with van der Waals surface area (Å²) in [7, 11) is 0. The van der Waals surface area contributed by atoms with Crippen LogP contribution in [0.2, 0.25) is 0 Å². The molecule has 1 aromatic carbocycles. The van der Waals surface area contributed by atoms with E-state index in [1.54, 1.807) is 12.1 Å². The number of anilines is 1. The molecule has 0 unspecified atom stereocenters. The number of carbonyl (C=O) groups excluding carboxylic acids is 1. The Bertz CT molecular complexity index is 427. The molecule has 1 aromatic rings. The molecule has 0 saturated carbocycles. The third kappa shape index (κ3) is 4.73. The van der Waals surface area contributed by atoms with Crippen molar-refractivity contribution in [2.45, 2.75) is 13.5 Å². The van der Waals surface area contributed by atoms with Crippen molar-refractivity contribution in [3.8, 4) is 5.75 Å². The number of hydrogen-bond donors (Lipinski definition) is 2. The Balaban J connectivity index is 2.76. The zero-order valence-electron chi connectivity index (χ0n) is 8.87. The van der Waals surface area contributed by atoms with Crippen LogP contribution < -0.4 is 15.4 Å². The normalized spacial score (nSPS) is 9.88. The highest BCUT2D eigenvalue weighted by atomic mass is 32.1. The van der Waals surface area contributed by atoms with Gasteiger partial charge in [-0.25, -0.2) is 0 Å². The van der Waals surface area contributed by atoms with E-state index in [-0.39, 0.29) is 22.5 Å². The highest BCUT2D eigenvalue weighted by Gasteiger charge is 2.10. The van der Waals surface area contributed by atoms with Gasteiger partial charge in [0.15, 0.2) is 5.11 Å². The summed E-state index contributed by atoms with van der Waals surface area (Å²) in [4.78, 5) is 10.7. The molecule has 0 saturated heterocycles. The Labute approximate surface area is 102 Å². The van der Waals surface area contributed by atoms with Crippen molar-refractivity contribution in [3.05, 3.63) is 24.3 Å². The molecule has 0 aliphatic rings. The van der Waals surface area contributed by atoms with Crippen LogP contribution in [-0.4, -0.2) is 17.6 Å². The van der Waals surface area contributed by atoms with E-state index >= 15 is 0 Å². The monoisotopic (exact) mass is 260 g/mol. The molecule has 0 radical (unpaired) electrons. The molecule has 0 aromatic heterocycles. The first-order valence-electron chi connectivity index (χ1n) is 4.61. The van der Waals surface area contributed by atoms with E-state index < -0.39 is 6.61 Å². The molecule has 0 spiro atoms. The number of alkyl halides is 2. The summed E-state index contributed by atoms with van der Waals surface area (Å²) in [6.07, 6.45) is 0. The summed E-state index contributed by atoms with van der Waals surface area (Å²) in [5.41, 5.74) is 0.256. The number of hydrogen-bond acceptors (Lipinski definition) is 3. The van der Waals surface area contributed by atoms with Gasteiger partial charge >= 0.3 is 6.61 Å². The summed E-state index contributed by atoms with van der Waals surface area (Å²) >= 11 is 4.80. The Morgan fingerprint density at radius 2 is 2.06 bits per heavy atom. The number of amides is 1. The van der Waals surface area contributed by atoms with Gasteiger partial charge < -0.3 is 15.4 Å². The molecule has 7 heteroatoms. The molecule has 0 fully saturated rings. The Hall–Kier alpha value is -1.76. The van der Waals surface area contributed by atoms with Gasteiger partial charge in [0.1, 0.15) is 5.75 Å². The van der Waals surface area contributed by atoms with Gasteiger partial charge in [0.05, 0.1) is 5.69 Å². The lowest BCUT2D eigenvalue weighted by Crippen LogP contribution is -2.32. The van der Waals surface area contributed by atoms with Crippen molar-refractivity contribution in [1.82, 2.24) is 5.32 Å². The molecule has 0 aliphatic carbocycles. The van der Waals surface area contributed by atoms with Crippen molar-refractivity contribution in [1.29, 1.82) is 0 Å². The predicted octanol–water partition coefficient (Wildman–Crippen LogP) is 2.12. The van der Waals surface area contributed by atoms with Crippen LogP contribution in [0.5, 0.6) is 5.75 Å². The second-order valence-electron chi connectivity index (χ2n) is 3.01. The minimum Gasteiger partial charge on any atom is -0.433 e. The van der Waals surface area contributed by atoms with Crippen LogP contribution in [0.25, 0.3) is 0 Å². The van der Waals surface area contributed by atoms with Crippen LogP contribution in [0.15, 0.2) is 24.3 Å². The summed E-state index contributed by atoms with van der Waals surface area (Å²) < 4.78 is 28.5. The molecule has 2 N–H and O–H groups in total. The SMILES string of the molecule is CC(=O)NC(=S)Nc1ccccc1OC(F)F. The van der Waals surface area contributed by atoms with Crippen LogP contribution in [-0.2, 0) is 4.79 Å². The number of rotatable bonds is 3. The van der Waals surface area contributed by atoms with Crippen LogP contribution in [0.3, 0.4) is 0 Å². The van der Waals surface area contributed by atoms with Crippen molar-refractivity contribution >= 4 is 28.9 Å². The number of nitrogens with one attached hydrogen (secondary N) is 2. The molecule has 4 nitrogen and oxygen atoms in total. The Morgan fingerprint density at radius 3 is 2.65 bits per heavy atom. The van der Waals surface area contributed by atoms with E-state index in [2.05, 4.69) is 15.4 Å². The first-order valence-corrected chi connectivity index (χ1v) is 5.02. The van der Waals surface area contributed by atoms with E-state index in [0.717, 1.165) is 0 Å². The fraction of sp³-hybridized carbons (Fsp3) is 0.200. The zero-order chi connectivity index (χ0) is 12.8. The summed E-state index contributed by atoms with van der Waals surface area (Å²) in [6.45, 7) is -1.64. The average molecular weight is 260 g/mol. The molecule has 1 amide bonds. The maximum atomic E-state index is 12.1. The molecule has 1 rings (SSSR count). The van der Waals surface area contributed by atoms with Gasteiger partial charge in [-0.3, -0.25) is 4.79 Å². The van der Waals surface area contributed by atoms with Crippen molar-refractivity contribution in [2.24, 2.45) is 0 Å². The average Bonchev–Trinajstić information content (AvgIpc) is 2.18. The number of para-hydroxylation sites is 2. The third-order valence-electron chi connectivity index (χ3n) is 1.64. The van der Waals surface area contributed by atoms with Gasteiger partial charge in [0.25, 0.3) is 0 Å². The van der Waals surface area contributed by atoms with E-state index in [1.165, 1.54) is 19.1 Å². The van der Waals surface area contributed by atoms with Gasteiger partial charge in [-0.05, 0) is 24.4 Å². The molecule has 0 atom stereocenters. The van der Waals surface area contributed by atoms with Gasteiger partial charge in [0.2, 0.25) is 5.91 Å². The maximum Gasteiger partial charge on any atom is 0.387 e. The first kappa shape index (κ1) is 13.3. The minimum atomic E-state index is -2.92. The van der Waals surface area contributed by atoms with Gasteiger partial charge in [-0.15, -0.1) is 0 Å². The standard InChI is InChI=1S/C10H10F2N2O2S/c1-6(15)13-10(17)14-7-4-2-3-5-8(7)16-9(11)12/h2-5,9H,1H3,(H2,13,14,15,17). The number of thiocarbonyl (C=S) groups is 1. The van der Waals surface area contributed by atoms with Crippen molar-refractivity contribution in [2.75, 3.05) is 5.32 Å². The summed E-state index contributed by atoms with van der Waals surface area (Å²) in [5, 5.41) is 4.92.